The molecule has 3 atom stereocenters. The molecule has 46 heavy (non-hydrogen) atoms. The lowest BCUT2D eigenvalue weighted by atomic mass is 9.84. The maximum atomic E-state index is 14.2. The normalized spacial score (nSPS) is 13.9. The molecular weight excluding hydrogens is 618 g/mol. The molecule has 2 amide bonds. The second kappa shape index (κ2) is 16.1. The number of nitrogens with two attached hydrogens (primary N) is 2. The minimum absolute atomic E-state index is 0.0322. The van der Waals surface area contributed by atoms with E-state index in [-0.39, 0.29) is 17.7 Å². The Balaban J connectivity index is 1.84. The number of sulfonamides is 1. The van der Waals surface area contributed by atoms with Crippen LogP contribution in [0.2, 0.25) is 0 Å². The summed E-state index contributed by atoms with van der Waals surface area (Å²) in [6.45, 7) is 4.55. The summed E-state index contributed by atoms with van der Waals surface area (Å²) < 4.78 is 61.7. The lowest BCUT2D eigenvalue weighted by Gasteiger charge is -2.34. The molecule has 3 aromatic carbocycles. The highest BCUT2D eigenvalue weighted by Crippen LogP contribution is 2.31. The first-order valence-corrected chi connectivity index (χ1v) is 16.3. The summed E-state index contributed by atoms with van der Waals surface area (Å²) in [4.78, 5) is 27.7. The Morgan fingerprint density at radius 2 is 1.46 bits per heavy atom. The van der Waals surface area contributed by atoms with E-state index in [1.165, 1.54) is 65.0 Å². The van der Waals surface area contributed by atoms with Crippen LogP contribution in [-0.4, -0.2) is 72.6 Å². The van der Waals surface area contributed by atoms with Crippen molar-refractivity contribution in [3.63, 3.8) is 0 Å². The van der Waals surface area contributed by atoms with E-state index in [1.54, 1.807) is 32.9 Å². The number of nitrogens with zero attached hydrogens (tertiary/aromatic N) is 2. The zero-order valence-corrected chi connectivity index (χ0v) is 27.2. The van der Waals surface area contributed by atoms with Crippen molar-refractivity contribution >= 4 is 27.7 Å². The van der Waals surface area contributed by atoms with Gasteiger partial charge in [-0.05, 0) is 99.7 Å². The number of nitrogen functional groups attached to an aromatic ring is 1. The number of aliphatic hydroxyl groups is 1. The Morgan fingerprint density at radius 1 is 0.913 bits per heavy atom. The maximum absolute atomic E-state index is 14.2. The van der Waals surface area contributed by atoms with Crippen LogP contribution < -0.4 is 11.5 Å². The molecule has 5 N–H and O–H groups in total. The van der Waals surface area contributed by atoms with Crippen molar-refractivity contribution in [3.05, 3.63) is 95.6 Å². The van der Waals surface area contributed by atoms with Crippen molar-refractivity contribution in [3.8, 4) is 0 Å². The van der Waals surface area contributed by atoms with E-state index in [0.29, 0.717) is 23.2 Å². The van der Waals surface area contributed by atoms with Crippen molar-refractivity contribution in [2.24, 2.45) is 5.73 Å². The topological polar surface area (TPSA) is 156 Å². The number of rotatable bonds is 14. The number of amides is 2. The number of carbonyl (C=O) groups excluding carboxylic acids is 2. The average Bonchev–Trinajstić information content (AvgIpc) is 3.00. The molecule has 0 unspecified atom stereocenters. The van der Waals surface area contributed by atoms with E-state index >= 15 is 0 Å². The van der Waals surface area contributed by atoms with Crippen LogP contribution in [0.15, 0.2) is 77.7 Å². The summed E-state index contributed by atoms with van der Waals surface area (Å²) >= 11 is 0. The molecule has 0 bridgehead atoms. The number of hydrogen-bond acceptors (Lipinski definition) is 8. The molecule has 3 aromatic rings. The van der Waals surface area contributed by atoms with Crippen LogP contribution in [0.4, 0.5) is 19.3 Å². The second-order valence-electron chi connectivity index (χ2n) is 11.4. The van der Waals surface area contributed by atoms with E-state index in [1.807, 2.05) is 0 Å². The Hall–Kier alpha value is -3.91. The van der Waals surface area contributed by atoms with Crippen LogP contribution in [0.1, 0.15) is 57.1 Å². The van der Waals surface area contributed by atoms with Crippen LogP contribution in [0.3, 0.4) is 0 Å². The minimum Gasteiger partial charge on any atom is -0.452 e. The first kappa shape index (κ1) is 36.6. The third kappa shape index (κ3) is 8.66. The predicted molar refractivity (Wildman–Crippen MR) is 171 cm³/mol. The summed E-state index contributed by atoms with van der Waals surface area (Å²) in [5.74, 6) is -2.99. The summed E-state index contributed by atoms with van der Waals surface area (Å²) in [6.07, 6.45) is -0.251. The zero-order chi connectivity index (χ0) is 34.2. The van der Waals surface area contributed by atoms with Gasteiger partial charge in [0.05, 0.1) is 24.7 Å². The number of ether oxygens (including phenoxy) is 1. The number of methoxy groups -OCH3 is 1. The molecule has 13 heteroatoms. The Kier molecular flexibility index (Phi) is 12.8. The number of benzene rings is 3. The van der Waals surface area contributed by atoms with Crippen LogP contribution >= 0.6 is 0 Å². The van der Waals surface area contributed by atoms with Gasteiger partial charge >= 0.3 is 6.09 Å². The highest BCUT2D eigenvalue weighted by Gasteiger charge is 2.38. The van der Waals surface area contributed by atoms with Gasteiger partial charge in [-0.2, -0.15) is 4.31 Å². The predicted octanol–water partition coefficient (Wildman–Crippen LogP) is 4.62. The fourth-order valence-electron chi connectivity index (χ4n) is 5.63. The van der Waals surface area contributed by atoms with Crippen molar-refractivity contribution in [1.29, 1.82) is 0 Å². The van der Waals surface area contributed by atoms with Crippen molar-refractivity contribution < 1.29 is 36.6 Å². The van der Waals surface area contributed by atoms with E-state index in [4.69, 9.17) is 16.2 Å². The zero-order valence-electron chi connectivity index (χ0n) is 26.3. The molecule has 0 spiro atoms. The third-order valence-corrected chi connectivity index (χ3v) is 9.95. The summed E-state index contributed by atoms with van der Waals surface area (Å²) in [5, 5.41) is 10.2. The van der Waals surface area contributed by atoms with Gasteiger partial charge in [-0.15, -0.1) is 0 Å². The van der Waals surface area contributed by atoms with E-state index in [9.17, 15) is 31.9 Å². The van der Waals surface area contributed by atoms with Gasteiger partial charge < -0.3 is 21.3 Å². The second-order valence-corrected chi connectivity index (χ2v) is 13.2. The molecule has 0 aromatic heterocycles. The fraction of sp³-hybridized carbons (Fsp3) is 0.394. The molecule has 250 valence electrons. The van der Waals surface area contributed by atoms with E-state index in [0.717, 1.165) is 12.0 Å². The van der Waals surface area contributed by atoms with Gasteiger partial charge in [0, 0.05) is 29.7 Å². The first-order valence-electron chi connectivity index (χ1n) is 14.9. The number of carbonyl (C=O) groups is 2. The largest absolute Gasteiger partial charge is 0.452 e. The SMILES string of the molecule is COC(=O)N(C(=O)[C@@H](N)C(c1cccc(F)c1)c1cccc(F)c1)[C@@H](C)CCC[C@@H](CO)N(C(C)C)S(=O)(=O)c1ccc(N)cc1. The third-order valence-electron chi connectivity index (χ3n) is 7.80. The average molecular weight is 661 g/mol. The van der Waals surface area contributed by atoms with Gasteiger partial charge in [0.25, 0.3) is 0 Å². The molecule has 0 aliphatic rings. The highest BCUT2D eigenvalue weighted by molar-refractivity contribution is 7.89. The van der Waals surface area contributed by atoms with Crippen LogP contribution in [0.5, 0.6) is 0 Å². The lowest BCUT2D eigenvalue weighted by Crippen LogP contribution is -2.53. The lowest BCUT2D eigenvalue weighted by molar-refractivity contribution is -0.132. The quantitative estimate of drug-likeness (QED) is 0.212. The van der Waals surface area contributed by atoms with Crippen molar-refractivity contribution in [2.45, 2.75) is 75.0 Å². The van der Waals surface area contributed by atoms with Gasteiger partial charge in [0.2, 0.25) is 15.9 Å². The fourth-order valence-corrected chi connectivity index (χ4v) is 7.47. The van der Waals surface area contributed by atoms with Crippen molar-refractivity contribution in [2.75, 3.05) is 19.5 Å². The minimum atomic E-state index is -4.00. The van der Waals surface area contributed by atoms with Gasteiger partial charge in [0.1, 0.15) is 11.6 Å². The molecule has 3 rings (SSSR count). The van der Waals surface area contributed by atoms with Crippen LogP contribution in [0, 0.1) is 11.6 Å². The summed E-state index contributed by atoms with van der Waals surface area (Å²) in [5.41, 5.74) is 13.2. The number of imide groups is 1. The van der Waals surface area contributed by atoms with E-state index in [2.05, 4.69) is 0 Å². The molecule has 0 saturated carbocycles. The molecule has 0 heterocycles. The molecule has 0 saturated heterocycles. The van der Waals surface area contributed by atoms with Gasteiger partial charge in [0.15, 0.2) is 0 Å². The smallest absolute Gasteiger partial charge is 0.416 e. The standard InChI is InChI=1S/C33H42F2N4O6S/c1-21(2)39(46(43,44)29-16-14-27(36)15-17-29)28(20-40)13-5-8-22(3)38(33(42)45-4)32(41)31(37)30(23-9-6-11-25(34)18-23)24-10-7-12-26(35)19-24/h6-7,9-12,14-19,21-22,28,30-31,40H,5,8,13,20,36-37H2,1-4H3/t22-,28-,31-/m0/s1. The van der Waals surface area contributed by atoms with Crippen LogP contribution in [0.25, 0.3) is 0 Å². The Bertz CT molecular complexity index is 1540. The first-order chi connectivity index (χ1) is 21.7. The Labute approximate surface area is 269 Å². The summed E-state index contributed by atoms with van der Waals surface area (Å²) in [7, 11) is -2.88. The number of hydrogen-bond donors (Lipinski definition) is 3. The van der Waals surface area contributed by atoms with Crippen LogP contribution in [-0.2, 0) is 19.6 Å². The number of anilines is 1. The Morgan fingerprint density at radius 3 is 1.91 bits per heavy atom. The summed E-state index contributed by atoms with van der Waals surface area (Å²) in [6, 6.07) is 13.1. The monoisotopic (exact) mass is 660 g/mol. The number of halogens is 2. The molecule has 0 radical (unpaired) electrons. The molecule has 0 aliphatic heterocycles. The number of aliphatic hydroxyl groups excluding tert-OH is 1. The van der Waals surface area contributed by atoms with Gasteiger partial charge in [-0.1, -0.05) is 24.3 Å². The van der Waals surface area contributed by atoms with Gasteiger partial charge in [-0.25, -0.2) is 26.9 Å². The van der Waals surface area contributed by atoms with E-state index < -0.39 is 70.4 Å². The maximum Gasteiger partial charge on any atom is 0.416 e. The van der Waals surface area contributed by atoms with Gasteiger partial charge in [-0.3, -0.25) is 4.79 Å². The molecule has 10 nitrogen and oxygen atoms in total. The molecule has 0 aliphatic carbocycles. The molecule has 0 fully saturated rings. The molecular formula is C33H42F2N4O6S. The van der Waals surface area contributed by atoms with Crippen molar-refractivity contribution in [1.82, 2.24) is 9.21 Å². The highest BCUT2D eigenvalue weighted by atomic mass is 32.2.